The van der Waals surface area contributed by atoms with Crippen LogP contribution >= 0.6 is 23.6 Å². The van der Waals surface area contributed by atoms with Crippen LogP contribution in [0.4, 0.5) is 0 Å². The molecule has 0 unspecified atom stereocenters. The highest BCUT2D eigenvalue weighted by Gasteiger charge is 2.07. The van der Waals surface area contributed by atoms with Gasteiger partial charge >= 0.3 is 0 Å². The lowest BCUT2D eigenvalue weighted by Gasteiger charge is -2.09. The summed E-state index contributed by atoms with van der Waals surface area (Å²) < 4.78 is 8.74. The minimum atomic E-state index is 0.562. The Morgan fingerprint density at radius 3 is 2.69 bits per heavy atom. The van der Waals surface area contributed by atoms with Crippen LogP contribution in [0.5, 0.6) is 0 Å². The molecule has 1 aromatic carbocycles. The number of rotatable bonds is 3. The molecular formula is C10H13ClOS. The molecule has 0 amide bonds. The molecule has 3 heteroatoms. The molecule has 0 aliphatic carbocycles. The Hall–Kier alpha value is -0.180. The molecule has 13 heavy (non-hydrogen) atoms. The van der Waals surface area contributed by atoms with Crippen molar-refractivity contribution in [3.05, 3.63) is 33.8 Å². The molecule has 1 nitrogen and oxygen atoms in total. The molecular weight excluding hydrogens is 204 g/mol. The second kappa shape index (κ2) is 4.89. The Kier molecular flexibility index (Phi) is 4.10. The maximum Gasteiger partial charge on any atom is 0.0481 e. The predicted molar refractivity (Wildman–Crippen MR) is 59.5 cm³/mol. The minimum absolute atomic E-state index is 0.562. The van der Waals surface area contributed by atoms with Crippen molar-refractivity contribution in [1.82, 2.24) is 0 Å². The molecule has 0 aromatic heterocycles. The third-order valence-electron chi connectivity index (χ3n) is 2.13. The Bertz CT molecular complexity index is 299. The summed E-state index contributed by atoms with van der Waals surface area (Å²) in [5.74, 6) is 0.562. The van der Waals surface area contributed by atoms with E-state index in [9.17, 15) is 0 Å². The van der Waals surface area contributed by atoms with Crippen LogP contribution in [-0.4, -0.2) is 4.55 Å². The highest BCUT2D eigenvalue weighted by molar-refractivity contribution is 7.92. The number of aryl methyl sites for hydroxylation is 1. The fourth-order valence-electron chi connectivity index (χ4n) is 1.38. The van der Waals surface area contributed by atoms with Crippen molar-refractivity contribution in [2.24, 2.45) is 0 Å². The number of benzene rings is 1. The predicted octanol–water partition coefficient (Wildman–Crippen LogP) is 3.92. The van der Waals surface area contributed by atoms with Crippen molar-refractivity contribution < 1.29 is 4.55 Å². The van der Waals surface area contributed by atoms with Gasteiger partial charge in [-0.3, -0.25) is 0 Å². The Balaban J connectivity index is 3.11. The second-order valence-electron chi connectivity index (χ2n) is 2.96. The van der Waals surface area contributed by atoms with Crippen LogP contribution in [0.3, 0.4) is 0 Å². The fourth-order valence-corrected chi connectivity index (χ4v) is 2.25. The first-order chi connectivity index (χ1) is 6.20. The summed E-state index contributed by atoms with van der Waals surface area (Å²) in [6.45, 7) is 4.14. The third kappa shape index (κ3) is 2.39. The maximum absolute atomic E-state index is 8.74. The van der Waals surface area contributed by atoms with Crippen LogP contribution in [0.2, 0.25) is 5.02 Å². The second-order valence-corrected chi connectivity index (χ2v) is 3.89. The topological polar surface area (TPSA) is 20.2 Å². The molecule has 0 heterocycles. The van der Waals surface area contributed by atoms with Gasteiger partial charge < -0.3 is 4.55 Å². The van der Waals surface area contributed by atoms with Crippen molar-refractivity contribution in [3.8, 4) is 0 Å². The lowest BCUT2D eigenvalue weighted by atomic mass is 10.0. The number of hydrogen-bond donors (Lipinski definition) is 1. The van der Waals surface area contributed by atoms with Crippen molar-refractivity contribution in [2.75, 3.05) is 0 Å². The van der Waals surface area contributed by atoms with Gasteiger partial charge in [0.15, 0.2) is 0 Å². The summed E-state index contributed by atoms with van der Waals surface area (Å²) >= 11 is 6.98. The van der Waals surface area contributed by atoms with Crippen LogP contribution in [0.1, 0.15) is 23.6 Å². The normalized spacial score (nSPS) is 10.5. The van der Waals surface area contributed by atoms with Crippen LogP contribution in [0, 0.1) is 6.92 Å². The van der Waals surface area contributed by atoms with E-state index in [0.717, 1.165) is 29.0 Å². The van der Waals surface area contributed by atoms with Gasteiger partial charge in [0.05, 0.1) is 0 Å². The van der Waals surface area contributed by atoms with E-state index in [2.05, 4.69) is 19.9 Å². The van der Waals surface area contributed by atoms with Crippen molar-refractivity contribution in [2.45, 2.75) is 26.0 Å². The quantitative estimate of drug-likeness (QED) is 0.773. The van der Waals surface area contributed by atoms with Gasteiger partial charge in [-0.25, -0.2) is 0 Å². The molecule has 72 valence electrons. The zero-order valence-corrected chi connectivity index (χ0v) is 9.37. The summed E-state index contributed by atoms with van der Waals surface area (Å²) in [6.07, 6.45) is 0.939. The highest BCUT2D eigenvalue weighted by Crippen LogP contribution is 2.27. The van der Waals surface area contributed by atoms with Crippen LogP contribution < -0.4 is 0 Å². The summed E-state index contributed by atoms with van der Waals surface area (Å²) in [6, 6.07) is 4.02. The van der Waals surface area contributed by atoms with E-state index in [1.807, 2.05) is 6.07 Å². The standard InChI is InChI=1S/C10H13ClOS/c1-3-9-7(2)4-5-8(6-13-12)10(9)11/h4-5,12H,3,6H2,1-2H3. The average molecular weight is 217 g/mol. The third-order valence-corrected chi connectivity index (χ3v) is 3.04. The zero-order valence-electron chi connectivity index (χ0n) is 7.80. The van der Waals surface area contributed by atoms with Crippen molar-refractivity contribution >= 4 is 23.6 Å². The van der Waals surface area contributed by atoms with Gasteiger partial charge in [-0.05, 0) is 42.1 Å². The van der Waals surface area contributed by atoms with Gasteiger partial charge in [-0.15, -0.1) is 0 Å². The average Bonchev–Trinajstić information content (AvgIpc) is 2.11. The lowest BCUT2D eigenvalue weighted by Crippen LogP contribution is -1.92. The smallest absolute Gasteiger partial charge is 0.0481 e. The summed E-state index contributed by atoms with van der Waals surface area (Å²) in [7, 11) is 0. The van der Waals surface area contributed by atoms with Gasteiger partial charge in [0.1, 0.15) is 0 Å². The van der Waals surface area contributed by atoms with Crippen LogP contribution in [0.25, 0.3) is 0 Å². The lowest BCUT2D eigenvalue weighted by molar-refractivity contribution is 0.663. The molecule has 1 aromatic rings. The molecule has 0 atom stereocenters. The van der Waals surface area contributed by atoms with Crippen molar-refractivity contribution in [1.29, 1.82) is 0 Å². The minimum Gasteiger partial charge on any atom is -0.330 e. The van der Waals surface area contributed by atoms with Crippen LogP contribution in [0.15, 0.2) is 12.1 Å². The van der Waals surface area contributed by atoms with E-state index in [1.54, 1.807) is 0 Å². The molecule has 0 saturated carbocycles. The monoisotopic (exact) mass is 216 g/mol. The summed E-state index contributed by atoms with van der Waals surface area (Å²) in [5.41, 5.74) is 3.42. The summed E-state index contributed by atoms with van der Waals surface area (Å²) in [5, 5.41) is 0.809. The SMILES string of the molecule is CCc1c(C)ccc(CSO)c1Cl. The Labute approximate surface area is 88.3 Å². The first kappa shape index (κ1) is 10.9. The largest absolute Gasteiger partial charge is 0.330 e. The zero-order chi connectivity index (χ0) is 9.84. The maximum atomic E-state index is 8.74. The Morgan fingerprint density at radius 1 is 1.46 bits per heavy atom. The van der Waals surface area contributed by atoms with E-state index >= 15 is 0 Å². The van der Waals surface area contributed by atoms with E-state index in [-0.39, 0.29) is 0 Å². The van der Waals surface area contributed by atoms with E-state index < -0.39 is 0 Å². The molecule has 0 bridgehead atoms. The summed E-state index contributed by atoms with van der Waals surface area (Å²) in [4.78, 5) is 0. The van der Waals surface area contributed by atoms with E-state index in [4.69, 9.17) is 16.2 Å². The van der Waals surface area contributed by atoms with Gasteiger partial charge in [-0.2, -0.15) is 0 Å². The van der Waals surface area contributed by atoms with E-state index in [0.29, 0.717) is 5.75 Å². The van der Waals surface area contributed by atoms with Gasteiger partial charge in [0.25, 0.3) is 0 Å². The fraction of sp³-hybridized carbons (Fsp3) is 0.400. The molecule has 1 N–H and O–H groups in total. The van der Waals surface area contributed by atoms with E-state index in [1.165, 1.54) is 11.1 Å². The van der Waals surface area contributed by atoms with Gasteiger partial charge in [-0.1, -0.05) is 30.7 Å². The number of hydrogen-bond acceptors (Lipinski definition) is 2. The Morgan fingerprint density at radius 2 is 2.15 bits per heavy atom. The first-order valence-corrected chi connectivity index (χ1v) is 5.56. The first-order valence-electron chi connectivity index (χ1n) is 4.24. The van der Waals surface area contributed by atoms with Gasteiger partial charge in [0, 0.05) is 10.8 Å². The molecule has 1 rings (SSSR count). The molecule has 0 saturated heterocycles. The molecule has 0 aliphatic heterocycles. The molecule has 0 aliphatic rings. The molecule has 0 radical (unpaired) electrons. The van der Waals surface area contributed by atoms with Crippen molar-refractivity contribution in [3.63, 3.8) is 0 Å². The van der Waals surface area contributed by atoms with Crippen LogP contribution in [-0.2, 0) is 12.2 Å². The van der Waals surface area contributed by atoms with Gasteiger partial charge in [0.2, 0.25) is 0 Å². The molecule has 0 fully saturated rings. The molecule has 0 spiro atoms. The number of halogens is 1. The highest BCUT2D eigenvalue weighted by atomic mass is 35.5.